The summed E-state index contributed by atoms with van der Waals surface area (Å²) < 4.78 is 0. The molecular weight excluding hydrogens is 248 g/mol. The molecule has 0 saturated heterocycles. The van der Waals surface area contributed by atoms with Gasteiger partial charge in [-0.3, -0.25) is 0 Å². The minimum atomic E-state index is -0.373. The van der Waals surface area contributed by atoms with Crippen LogP contribution in [0.1, 0.15) is 16.7 Å². The maximum atomic E-state index is 11.6. The van der Waals surface area contributed by atoms with Crippen molar-refractivity contribution < 1.29 is 4.79 Å². The van der Waals surface area contributed by atoms with Gasteiger partial charge in [-0.1, -0.05) is 54.6 Å². The molecule has 0 saturated carbocycles. The van der Waals surface area contributed by atoms with Gasteiger partial charge in [0.2, 0.25) is 0 Å². The Labute approximate surface area is 120 Å². The average Bonchev–Trinajstić information content (AvgIpc) is 2.46. The van der Waals surface area contributed by atoms with E-state index in [4.69, 9.17) is 5.73 Å². The second kappa shape index (κ2) is 6.75. The number of rotatable bonds is 5. The smallest absolute Gasteiger partial charge is 0.315 e. The Hall–Kier alpha value is -2.29. The quantitative estimate of drug-likeness (QED) is 0.889. The summed E-state index contributed by atoms with van der Waals surface area (Å²) >= 11 is 0. The van der Waals surface area contributed by atoms with Crippen LogP contribution in [0.3, 0.4) is 0 Å². The third-order valence-corrected chi connectivity index (χ3v) is 3.44. The molecule has 0 atom stereocenters. The Balaban J connectivity index is 2.00. The number of aryl methyl sites for hydroxylation is 1. The van der Waals surface area contributed by atoms with Gasteiger partial charge in [0.25, 0.3) is 0 Å². The van der Waals surface area contributed by atoms with E-state index in [2.05, 4.69) is 19.1 Å². The lowest BCUT2D eigenvalue weighted by Crippen LogP contribution is -2.36. The molecule has 0 aliphatic heterocycles. The molecule has 20 heavy (non-hydrogen) atoms. The van der Waals surface area contributed by atoms with Crippen molar-refractivity contribution in [2.45, 2.75) is 19.9 Å². The van der Waals surface area contributed by atoms with Crippen LogP contribution in [0.5, 0.6) is 0 Å². The Morgan fingerprint density at radius 1 is 1.05 bits per heavy atom. The number of carbonyl (C=O) groups excluding carboxylic acids is 1. The highest BCUT2D eigenvalue weighted by molar-refractivity contribution is 5.72. The van der Waals surface area contributed by atoms with Crippen molar-refractivity contribution in [1.29, 1.82) is 0 Å². The molecule has 2 aromatic carbocycles. The number of hydrogen-bond acceptors (Lipinski definition) is 1. The average molecular weight is 268 g/mol. The summed E-state index contributed by atoms with van der Waals surface area (Å²) in [5.41, 5.74) is 9.07. The fourth-order valence-corrected chi connectivity index (χ4v) is 2.22. The van der Waals surface area contributed by atoms with Crippen molar-refractivity contribution >= 4 is 6.03 Å². The Kier molecular flexibility index (Phi) is 4.77. The van der Waals surface area contributed by atoms with E-state index in [-0.39, 0.29) is 6.03 Å². The first-order valence-corrected chi connectivity index (χ1v) is 6.79. The van der Waals surface area contributed by atoms with Crippen molar-refractivity contribution in [1.82, 2.24) is 4.90 Å². The maximum absolute atomic E-state index is 11.6. The summed E-state index contributed by atoms with van der Waals surface area (Å²) in [4.78, 5) is 13.2. The molecule has 3 nitrogen and oxygen atoms in total. The van der Waals surface area contributed by atoms with Crippen molar-refractivity contribution in [3.8, 4) is 0 Å². The van der Waals surface area contributed by atoms with Crippen LogP contribution in [0.15, 0.2) is 54.6 Å². The molecule has 0 spiro atoms. The molecule has 2 N–H and O–H groups in total. The molecule has 0 heterocycles. The predicted molar refractivity (Wildman–Crippen MR) is 81.3 cm³/mol. The molecular formula is C17H20N2O. The highest BCUT2D eigenvalue weighted by atomic mass is 16.2. The lowest BCUT2D eigenvalue weighted by Gasteiger charge is -2.21. The zero-order chi connectivity index (χ0) is 14.4. The van der Waals surface area contributed by atoms with Gasteiger partial charge in [0.1, 0.15) is 0 Å². The molecule has 0 radical (unpaired) electrons. The Morgan fingerprint density at radius 2 is 1.70 bits per heavy atom. The SMILES string of the molecule is Cc1ccccc1CCN(Cc1ccccc1)C(N)=O. The van der Waals surface area contributed by atoms with Crippen LogP contribution in [0, 0.1) is 6.92 Å². The molecule has 2 rings (SSSR count). The van der Waals surface area contributed by atoms with Gasteiger partial charge >= 0.3 is 6.03 Å². The first kappa shape index (κ1) is 14.1. The highest BCUT2D eigenvalue weighted by Crippen LogP contribution is 2.10. The van der Waals surface area contributed by atoms with Gasteiger partial charge < -0.3 is 10.6 Å². The normalized spacial score (nSPS) is 10.2. The van der Waals surface area contributed by atoms with Gasteiger partial charge in [-0.25, -0.2) is 4.79 Å². The molecule has 2 aromatic rings. The third-order valence-electron chi connectivity index (χ3n) is 3.44. The number of hydrogen-bond donors (Lipinski definition) is 1. The number of benzene rings is 2. The van der Waals surface area contributed by atoms with Gasteiger partial charge in [0, 0.05) is 13.1 Å². The van der Waals surface area contributed by atoms with E-state index in [9.17, 15) is 4.79 Å². The van der Waals surface area contributed by atoms with E-state index < -0.39 is 0 Å². The molecule has 0 bridgehead atoms. The van der Waals surface area contributed by atoms with Gasteiger partial charge in [0.15, 0.2) is 0 Å². The van der Waals surface area contributed by atoms with E-state index in [1.54, 1.807) is 4.90 Å². The van der Waals surface area contributed by atoms with Crippen molar-refractivity contribution in [3.63, 3.8) is 0 Å². The van der Waals surface area contributed by atoms with Crippen LogP contribution in [0.4, 0.5) is 4.79 Å². The minimum Gasteiger partial charge on any atom is -0.351 e. The minimum absolute atomic E-state index is 0.373. The number of carbonyl (C=O) groups is 1. The summed E-state index contributed by atoms with van der Waals surface area (Å²) in [6.07, 6.45) is 0.822. The summed E-state index contributed by atoms with van der Waals surface area (Å²) in [5.74, 6) is 0. The predicted octanol–water partition coefficient (Wildman–Crippen LogP) is 3.12. The lowest BCUT2D eigenvalue weighted by molar-refractivity contribution is 0.205. The fourth-order valence-electron chi connectivity index (χ4n) is 2.22. The first-order chi connectivity index (χ1) is 9.66. The second-order valence-electron chi connectivity index (χ2n) is 4.92. The van der Waals surface area contributed by atoms with Crippen LogP contribution in [-0.2, 0) is 13.0 Å². The van der Waals surface area contributed by atoms with Crippen LogP contribution < -0.4 is 5.73 Å². The Bertz CT molecular complexity index is 566. The zero-order valence-electron chi connectivity index (χ0n) is 11.8. The largest absolute Gasteiger partial charge is 0.351 e. The van der Waals surface area contributed by atoms with E-state index in [0.717, 1.165) is 12.0 Å². The van der Waals surface area contributed by atoms with Crippen molar-refractivity contribution in [3.05, 3.63) is 71.3 Å². The zero-order valence-corrected chi connectivity index (χ0v) is 11.8. The molecule has 2 amide bonds. The molecule has 3 heteroatoms. The van der Waals surface area contributed by atoms with Crippen LogP contribution in [0.2, 0.25) is 0 Å². The van der Waals surface area contributed by atoms with Gasteiger partial charge in [-0.2, -0.15) is 0 Å². The van der Waals surface area contributed by atoms with Crippen LogP contribution in [0.25, 0.3) is 0 Å². The molecule has 0 unspecified atom stereocenters. The van der Waals surface area contributed by atoms with Gasteiger partial charge in [-0.05, 0) is 30.0 Å². The third kappa shape index (κ3) is 3.85. The van der Waals surface area contributed by atoms with E-state index in [0.29, 0.717) is 13.1 Å². The fraction of sp³-hybridized carbons (Fsp3) is 0.235. The monoisotopic (exact) mass is 268 g/mol. The molecule has 0 aromatic heterocycles. The molecule has 0 aliphatic rings. The first-order valence-electron chi connectivity index (χ1n) is 6.79. The van der Waals surface area contributed by atoms with Crippen LogP contribution >= 0.6 is 0 Å². The highest BCUT2D eigenvalue weighted by Gasteiger charge is 2.10. The van der Waals surface area contributed by atoms with Crippen molar-refractivity contribution in [2.75, 3.05) is 6.54 Å². The number of nitrogens with zero attached hydrogens (tertiary/aromatic N) is 1. The Morgan fingerprint density at radius 3 is 2.35 bits per heavy atom. The second-order valence-corrected chi connectivity index (χ2v) is 4.92. The van der Waals surface area contributed by atoms with Gasteiger partial charge in [-0.15, -0.1) is 0 Å². The van der Waals surface area contributed by atoms with E-state index in [1.807, 2.05) is 42.5 Å². The number of amides is 2. The molecule has 104 valence electrons. The number of primary amides is 1. The number of urea groups is 1. The lowest BCUT2D eigenvalue weighted by atomic mass is 10.1. The standard InChI is InChI=1S/C17H20N2O/c1-14-7-5-6-10-16(14)11-12-19(17(18)20)13-15-8-3-2-4-9-15/h2-10H,11-13H2,1H3,(H2,18,20). The van der Waals surface area contributed by atoms with Gasteiger partial charge in [0.05, 0.1) is 0 Å². The van der Waals surface area contributed by atoms with E-state index >= 15 is 0 Å². The summed E-state index contributed by atoms with van der Waals surface area (Å²) in [6.45, 7) is 3.28. The number of nitrogens with two attached hydrogens (primary N) is 1. The maximum Gasteiger partial charge on any atom is 0.315 e. The summed E-state index contributed by atoms with van der Waals surface area (Å²) in [5, 5.41) is 0. The van der Waals surface area contributed by atoms with E-state index in [1.165, 1.54) is 11.1 Å². The molecule has 0 fully saturated rings. The van der Waals surface area contributed by atoms with Crippen LogP contribution in [-0.4, -0.2) is 17.5 Å². The van der Waals surface area contributed by atoms with Crippen molar-refractivity contribution in [2.24, 2.45) is 5.73 Å². The summed E-state index contributed by atoms with van der Waals surface area (Å²) in [7, 11) is 0. The topological polar surface area (TPSA) is 46.3 Å². The summed E-state index contributed by atoms with van der Waals surface area (Å²) in [6, 6.07) is 17.8. The molecule has 0 aliphatic carbocycles.